The molecule has 0 aliphatic rings. The fourth-order valence-electron chi connectivity index (χ4n) is 0.749. The summed E-state index contributed by atoms with van der Waals surface area (Å²) in [5, 5.41) is 9.04. The zero-order valence-electron chi connectivity index (χ0n) is 6.37. The van der Waals surface area contributed by atoms with Gasteiger partial charge >= 0.3 is 0 Å². The molecule has 0 aliphatic carbocycles. The lowest BCUT2D eigenvalue weighted by atomic mass is 10.4. The van der Waals surface area contributed by atoms with Crippen LogP contribution in [0, 0.1) is 0 Å². The van der Waals surface area contributed by atoms with Crippen molar-refractivity contribution in [1.29, 1.82) is 0 Å². The smallest absolute Gasteiger partial charge is 0.261 e. The van der Waals surface area contributed by atoms with E-state index >= 15 is 0 Å². The van der Waals surface area contributed by atoms with Crippen molar-refractivity contribution in [2.75, 3.05) is 13.1 Å². The lowest BCUT2D eigenvalue weighted by molar-refractivity contribution is -0.135. The van der Waals surface area contributed by atoms with Gasteiger partial charge in [-0.05, 0) is 13.1 Å². The van der Waals surface area contributed by atoms with Crippen molar-refractivity contribution in [2.45, 2.75) is 20.1 Å². The van der Waals surface area contributed by atoms with Crippen LogP contribution >= 0.6 is 0 Å². The Balaban J connectivity index is 3.88. The van der Waals surface area contributed by atoms with Gasteiger partial charge in [0.1, 0.15) is 0 Å². The number of primary amides is 1. The van der Waals surface area contributed by atoms with Crippen LogP contribution < -0.4 is 5.73 Å². The average Bonchev–Trinajstić information content (AvgIpc) is 1.90. The molecule has 0 fully saturated rings. The van der Waals surface area contributed by atoms with Gasteiger partial charge < -0.3 is 10.8 Å². The average molecular weight is 146 g/mol. The topological polar surface area (TPSA) is 66.6 Å². The van der Waals surface area contributed by atoms with Gasteiger partial charge in [-0.3, -0.25) is 9.69 Å². The van der Waals surface area contributed by atoms with E-state index in [0.717, 1.165) is 0 Å². The summed E-state index contributed by atoms with van der Waals surface area (Å²) in [7, 11) is 0. The Morgan fingerprint density at radius 3 is 2.10 bits per heavy atom. The highest BCUT2D eigenvalue weighted by Crippen LogP contribution is 1.92. The van der Waals surface area contributed by atoms with Crippen molar-refractivity contribution in [2.24, 2.45) is 5.73 Å². The third kappa shape index (κ3) is 2.33. The van der Waals surface area contributed by atoms with E-state index in [1.165, 1.54) is 0 Å². The fraction of sp³-hybridized carbons (Fsp3) is 0.833. The molecule has 0 radical (unpaired) electrons. The number of hydrogen-bond acceptors (Lipinski definition) is 3. The zero-order valence-corrected chi connectivity index (χ0v) is 6.37. The molecule has 0 saturated heterocycles. The molecule has 1 amide bonds. The molecule has 3 N–H and O–H groups in total. The molecule has 0 saturated carbocycles. The third-order valence-electron chi connectivity index (χ3n) is 1.41. The Morgan fingerprint density at radius 2 is 2.00 bits per heavy atom. The molecule has 0 spiro atoms. The normalized spacial score (nSPS) is 13.6. The van der Waals surface area contributed by atoms with Crippen molar-refractivity contribution < 1.29 is 9.90 Å². The summed E-state index contributed by atoms with van der Waals surface area (Å²) in [5.41, 5.74) is 4.86. The van der Waals surface area contributed by atoms with E-state index in [2.05, 4.69) is 0 Å². The first-order valence-electron chi connectivity index (χ1n) is 3.34. The molecule has 0 aliphatic heterocycles. The van der Waals surface area contributed by atoms with Gasteiger partial charge in [-0.1, -0.05) is 13.8 Å². The lowest BCUT2D eigenvalue weighted by Gasteiger charge is -2.21. The van der Waals surface area contributed by atoms with Gasteiger partial charge in [0.25, 0.3) is 5.91 Å². The van der Waals surface area contributed by atoms with Crippen LogP contribution in [0.3, 0.4) is 0 Å². The predicted molar refractivity (Wildman–Crippen MR) is 38.1 cm³/mol. The van der Waals surface area contributed by atoms with Crippen LogP contribution in [0.15, 0.2) is 0 Å². The van der Waals surface area contributed by atoms with Crippen LogP contribution in [0.2, 0.25) is 0 Å². The van der Waals surface area contributed by atoms with E-state index < -0.39 is 12.1 Å². The number of aliphatic hydroxyl groups is 1. The minimum Gasteiger partial charge on any atom is -0.370 e. The molecule has 60 valence electrons. The maximum absolute atomic E-state index is 10.4. The van der Waals surface area contributed by atoms with Gasteiger partial charge in [0.2, 0.25) is 0 Å². The summed E-state index contributed by atoms with van der Waals surface area (Å²) < 4.78 is 0. The zero-order chi connectivity index (χ0) is 8.15. The minimum atomic E-state index is -1.13. The van der Waals surface area contributed by atoms with Crippen LogP contribution in [0.25, 0.3) is 0 Å². The van der Waals surface area contributed by atoms with Crippen molar-refractivity contribution in [3.63, 3.8) is 0 Å². The quantitative estimate of drug-likeness (QED) is 0.507. The van der Waals surface area contributed by atoms with E-state index in [9.17, 15) is 4.79 Å². The van der Waals surface area contributed by atoms with E-state index in [1.807, 2.05) is 13.8 Å². The van der Waals surface area contributed by atoms with Crippen LogP contribution in [0.1, 0.15) is 13.8 Å². The molecule has 0 heterocycles. The second-order valence-electron chi connectivity index (χ2n) is 2.00. The van der Waals surface area contributed by atoms with Crippen molar-refractivity contribution in [3.8, 4) is 0 Å². The molecule has 1 unspecified atom stereocenters. The first kappa shape index (κ1) is 9.39. The minimum absolute atomic E-state index is 0.626. The third-order valence-corrected chi connectivity index (χ3v) is 1.41. The largest absolute Gasteiger partial charge is 0.370 e. The lowest BCUT2D eigenvalue weighted by Crippen LogP contribution is -2.44. The van der Waals surface area contributed by atoms with Crippen LogP contribution in [0.4, 0.5) is 0 Å². The number of nitrogens with two attached hydrogens (primary N) is 1. The van der Waals surface area contributed by atoms with Gasteiger partial charge in [0.05, 0.1) is 0 Å². The summed E-state index contributed by atoms with van der Waals surface area (Å²) in [6, 6.07) is 0. The summed E-state index contributed by atoms with van der Waals surface area (Å²) in [5.74, 6) is -0.691. The molecule has 4 heteroatoms. The first-order chi connectivity index (χ1) is 4.63. The van der Waals surface area contributed by atoms with Gasteiger partial charge in [-0.25, -0.2) is 0 Å². The van der Waals surface area contributed by atoms with E-state index in [4.69, 9.17) is 10.8 Å². The van der Waals surface area contributed by atoms with Crippen molar-refractivity contribution in [3.05, 3.63) is 0 Å². The highest BCUT2D eigenvalue weighted by molar-refractivity contribution is 5.78. The van der Waals surface area contributed by atoms with E-state index in [-0.39, 0.29) is 0 Å². The second kappa shape index (κ2) is 4.24. The molecule has 0 bridgehead atoms. The van der Waals surface area contributed by atoms with Gasteiger partial charge in [-0.2, -0.15) is 0 Å². The molecule has 0 aromatic carbocycles. The molecular formula is C6H14N2O2. The molecule has 10 heavy (non-hydrogen) atoms. The first-order valence-corrected chi connectivity index (χ1v) is 3.34. The molecular weight excluding hydrogens is 132 g/mol. The Kier molecular flexibility index (Phi) is 3.99. The number of hydrogen-bond donors (Lipinski definition) is 2. The predicted octanol–water partition coefficient (Wildman–Crippen LogP) is -0.868. The van der Waals surface area contributed by atoms with E-state index in [1.54, 1.807) is 4.90 Å². The number of rotatable bonds is 4. The number of aliphatic hydroxyl groups excluding tert-OH is 1. The van der Waals surface area contributed by atoms with E-state index in [0.29, 0.717) is 13.1 Å². The maximum atomic E-state index is 10.4. The number of likely N-dealkylation sites (N-methyl/N-ethyl adjacent to an activating group) is 1. The summed E-state index contributed by atoms with van der Waals surface area (Å²) >= 11 is 0. The fourth-order valence-corrected chi connectivity index (χ4v) is 0.749. The van der Waals surface area contributed by atoms with Crippen molar-refractivity contribution in [1.82, 2.24) is 4.90 Å². The summed E-state index contributed by atoms with van der Waals surface area (Å²) in [6.45, 7) is 4.96. The molecule has 1 atom stereocenters. The van der Waals surface area contributed by atoms with Gasteiger partial charge in [0.15, 0.2) is 6.23 Å². The number of amides is 1. The van der Waals surface area contributed by atoms with Crippen LogP contribution in [0.5, 0.6) is 0 Å². The second-order valence-corrected chi connectivity index (χ2v) is 2.00. The standard InChI is InChI=1S/C6H14N2O2/c1-3-8(4-2)6(10)5(7)9/h6,10H,3-4H2,1-2H3,(H2,7,9). The Labute approximate surface area is 60.6 Å². The van der Waals surface area contributed by atoms with Crippen LogP contribution in [-0.2, 0) is 4.79 Å². The Bertz CT molecular complexity index is 112. The Hall–Kier alpha value is -0.610. The van der Waals surface area contributed by atoms with Gasteiger partial charge in [0, 0.05) is 0 Å². The Morgan fingerprint density at radius 1 is 1.60 bits per heavy atom. The maximum Gasteiger partial charge on any atom is 0.261 e. The molecule has 0 rings (SSSR count). The summed E-state index contributed by atoms with van der Waals surface area (Å²) in [4.78, 5) is 12.0. The number of carbonyl (C=O) groups is 1. The number of nitrogens with zero attached hydrogens (tertiary/aromatic N) is 1. The molecule has 0 aromatic heterocycles. The van der Waals surface area contributed by atoms with Gasteiger partial charge in [-0.15, -0.1) is 0 Å². The summed E-state index contributed by atoms with van der Waals surface area (Å²) in [6.07, 6.45) is -1.13. The highest BCUT2D eigenvalue weighted by atomic mass is 16.3. The monoisotopic (exact) mass is 146 g/mol. The molecule has 4 nitrogen and oxygen atoms in total. The van der Waals surface area contributed by atoms with Crippen LogP contribution in [-0.4, -0.2) is 35.2 Å². The highest BCUT2D eigenvalue weighted by Gasteiger charge is 2.16. The molecule has 0 aromatic rings. The number of carbonyl (C=O) groups excluding carboxylic acids is 1. The van der Waals surface area contributed by atoms with Crippen molar-refractivity contribution >= 4 is 5.91 Å². The SMILES string of the molecule is CCN(CC)C(O)C(N)=O.